The standard InChI is InChI=1S/C17H17NS.C2H6/c1-13(15-9-5-3-6-10-15)17(18)19-14(2)16-11-7-4-8-12-16;1-2/h3-12H,2,18H2,1H3;1-2H3/b17-13+;. The Bertz CT molecular complexity index is 585. The van der Waals surface area contributed by atoms with E-state index >= 15 is 0 Å². The molecule has 0 saturated carbocycles. The minimum Gasteiger partial charge on any atom is -0.393 e. The third kappa shape index (κ3) is 5.16. The minimum atomic E-state index is 0.792. The van der Waals surface area contributed by atoms with Crippen molar-refractivity contribution in [3.63, 3.8) is 0 Å². The Kier molecular flexibility index (Phi) is 7.41. The highest BCUT2D eigenvalue weighted by Gasteiger charge is 2.05. The van der Waals surface area contributed by atoms with Crippen molar-refractivity contribution in [3.8, 4) is 0 Å². The Morgan fingerprint density at radius 3 is 1.76 bits per heavy atom. The van der Waals surface area contributed by atoms with Crippen LogP contribution >= 0.6 is 11.8 Å². The van der Waals surface area contributed by atoms with Crippen LogP contribution in [0, 0.1) is 0 Å². The number of hydrogen-bond acceptors (Lipinski definition) is 2. The van der Waals surface area contributed by atoms with E-state index < -0.39 is 0 Å². The molecular formula is C19H23NS. The molecule has 0 aliphatic heterocycles. The van der Waals surface area contributed by atoms with Gasteiger partial charge < -0.3 is 5.73 Å². The summed E-state index contributed by atoms with van der Waals surface area (Å²) in [6, 6.07) is 20.3. The highest BCUT2D eigenvalue weighted by molar-refractivity contribution is 8.11. The number of benzene rings is 2. The van der Waals surface area contributed by atoms with Gasteiger partial charge in [0.05, 0.1) is 5.03 Å². The fourth-order valence-corrected chi connectivity index (χ4v) is 2.51. The molecule has 0 radical (unpaired) electrons. The lowest BCUT2D eigenvalue weighted by Crippen LogP contribution is -1.96. The van der Waals surface area contributed by atoms with Crippen LogP contribution < -0.4 is 5.73 Å². The Hall–Kier alpha value is -1.93. The Labute approximate surface area is 132 Å². The van der Waals surface area contributed by atoms with Gasteiger partial charge >= 0.3 is 0 Å². The van der Waals surface area contributed by atoms with Crippen molar-refractivity contribution in [3.05, 3.63) is 83.4 Å². The molecule has 0 amide bonds. The van der Waals surface area contributed by atoms with E-state index in [0.29, 0.717) is 0 Å². The maximum Gasteiger partial charge on any atom is 0.0739 e. The van der Waals surface area contributed by atoms with E-state index in [9.17, 15) is 0 Å². The summed E-state index contributed by atoms with van der Waals surface area (Å²) in [5.41, 5.74) is 9.51. The van der Waals surface area contributed by atoms with Crippen LogP contribution in [0.15, 0.2) is 72.3 Å². The molecule has 2 aromatic carbocycles. The van der Waals surface area contributed by atoms with Crippen LogP contribution in [0.1, 0.15) is 31.9 Å². The topological polar surface area (TPSA) is 26.0 Å². The molecule has 0 saturated heterocycles. The van der Waals surface area contributed by atoms with Crippen molar-refractivity contribution in [2.24, 2.45) is 5.73 Å². The van der Waals surface area contributed by atoms with Crippen LogP contribution in [0.4, 0.5) is 0 Å². The molecule has 0 heterocycles. The zero-order chi connectivity index (χ0) is 15.7. The fourth-order valence-electron chi connectivity index (χ4n) is 1.72. The van der Waals surface area contributed by atoms with Gasteiger partial charge in [-0.3, -0.25) is 0 Å². The van der Waals surface area contributed by atoms with Crippen LogP contribution in [0.2, 0.25) is 0 Å². The average Bonchev–Trinajstić information content (AvgIpc) is 2.57. The maximum absolute atomic E-state index is 6.17. The summed E-state index contributed by atoms with van der Waals surface area (Å²) in [6.45, 7) is 10.1. The number of nitrogens with two attached hydrogens (primary N) is 1. The minimum absolute atomic E-state index is 0.792. The van der Waals surface area contributed by atoms with Crippen molar-refractivity contribution < 1.29 is 0 Å². The molecule has 0 atom stereocenters. The van der Waals surface area contributed by atoms with E-state index in [1.807, 2.05) is 69.3 Å². The van der Waals surface area contributed by atoms with E-state index in [0.717, 1.165) is 26.6 Å². The molecule has 2 N–H and O–H groups in total. The molecule has 110 valence electrons. The molecule has 0 bridgehead atoms. The van der Waals surface area contributed by atoms with Crippen LogP contribution in [-0.4, -0.2) is 0 Å². The van der Waals surface area contributed by atoms with Gasteiger partial charge in [-0.15, -0.1) is 0 Å². The average molecular weight is 297 g/mol. The van der Waals surface area contributed by atoms with Crippen molar-refractivity contribution >= 4 is 22.2 Å². The summed E-state index contributed by atoms with van der Waals surface area (Å²) in [5.74, 6) is 0. The van der Waals surface area contributed by atoms with Gasteiger partial charge in [0.1, 0.15) is 0 Å². The normalized spacial score (nSPS) is 11.0. The molecular weight excluding hydrogens is 274 g/mol. The van der Waals surface area contributed by atoms with Gasteiger partial charge in [-0.1, -0.05) is 92.9 Å². The predicted molar refractivity (Wildman–Crippen MR) is 97.6 cm³/mol. The first-order chi connectivity index (χ1) is 10.2. The van der Waals surface area contributed by atoms with Gasteiger partial charge in [0.25, 0.3) is 0 Å². The second-order valence-electron chi connectivity index (χ2n) is 4.25. The highest BCUT2D eigenvalue weighted by Crippen LogP contribution is 2.33. The highest BCUT2D eigenvalue weighted by atomic mass is 32.2. The summed E-state index contributed by atoms with van der Waals surface area (Å²) in [5, 5.41) is 0.792. The maximum atomic E-state index is 6.17. The third-order valence-corrected chi connectivity index (χ3v) is 3.91. The molecule has 0 aliphatic carbocycles. The van der Waals surface area contributed by atoms with Gasteiger partial charge in [-0.2, -0.15) is 0 Å². The zero-order valence-electron chi connectivity index (χ0n) is 13.0. The number of thioether (sulfide) groups is 1. The SMILES string of the molecule is C=C(S/C(N)=C(\C)c1ccccc1)c1ccccc1.CC. The van der Waals surface area contributed by atoms with Gasteiger partial charge in [-0.05, 0) is 23.6 Å². The largest absolute Gasteiger partial charge is 0.393 e. The lowest BCUT2D eigenvalue weighted by molar-refractivity contribution is 1.48. The van der Waals surface area contributed by atoms with Gasteiger partial charge in [0.2, 0.25) is 0 Å². The predicted octanol–water partition coefficient (Wildman–Crippen LogP) is 5.76. The fraction of sp³-hybridized carbons (Fsp3) is 0.158. The van der Waals surface area contributed by atoms with E-state index in [-0.39, 0.29) is 0 Å². The molecule has 0 unspecified atom stereocenters. The second-order valence-corrected chi connectivity index (χ2v) is 5.38. The first-order valence-electron chi connectivity index (χ1n) is 7.12. The number of rotatable bonds is 4. The van der Waals surface area contributed by atoms with E-state index in [2.05, 4.69) is 18.7 Å². The van der Waals surface area contributed by atoms with Gasteiger partial charge in [0.15, 0.2) is 0 Å². The van der Waals surface area contributed by atoms with E-state index in [1.165, 1.54) is 11.8 Å². The molecule has 0 aromatic heterocycles. The molecule has 0 spiro atoms. The van der Waals surface area contributed by atoms with Crippen LogP contribution in [0.3, 0.4) is 0 Å². The van der Waals surface area contributed by atoms with Crippen molar-refractivity contribution in [1.29, 1.82) is 0 Å². The molecule has 21 heavy (non-hydrogen) atoms. The quantitative estimate of drug-likeness (QED) is 0.776. The first-order valence-corrected chi connectivity index (χ1v) is 7.94. The van der Waals surface area contributed by atoms with E-state index in [1.54, 1.807) is 0 Å². The van der Waals surface area contributed by atoms with Gasteiger partial charge in [0, 0.05) is 4.91 Å². The van der Waals surface area contributed by atoms with Crippen LogP contribution in [-0.2, 0) is 0 Å². The Balaban J connectivity index is 0.00000106. The van der Waals surface area contributed by atoms with Crippen molar-refractivity contribution in [2.45, 2.75) is 20.8 Å². The molecule has 1 nitrogen and oxygen atoms in total. The monoisotopic (exact) mass is 297 g/mol. The molecule has 2 heteroatoms. The number of hydrogen-bond donors (Lipinski definition) is 1. The Morgan fingerprint density at radius 1 is 0.857 bits per heavy atom. The van der Waals surface area contributed by atoms with Crippen molar-refractivity contribution in [2.75, 3.05) is 0 Å². The molecule has 2 rings (SSSR count). The summed E-state index contributed by atoms with van der Waals surface area (Å²) in [6.07, 6.45) is 0. The summed E-state index contributed by atoms with van der Waals surface area (Å²) >= 11 is 1.52. The van der Waals surface area contributed by atoms with Crippen LogP contribution in [0.25, 0.3) is 10.5 Å². The number of allylic oxidation sites excluding steroid dienone is 1. The smallest absolute Gasteiger partial charge is 0.0739 e. The summed E-state index contributed by atoms with van der Waals surface area (Å²) in [4.78, 5) is 0.966. The lowest BCUT2D eigenvalue weighted by Gasteiger charge is -2.09. The summed E-state index contributed by atoms with van der Waals surface area (Å²) in [7, 11) is 0. The molecule has 0 fully saturated rings. The lowest BCUT2D eigenvalue weighted by atomic mass is 10.1. The molecule has 2 aromatic rings. The molecule has 0 aliphatic rings. The Morgan fingerprint density at radius 2 is 1.29 bits per heavy atom. The second kappa shape index (κ2) is 9.09. The summed E-state index contributed by atoms with van der Waals surface area (Å²) < 4.78 is 0. The van der Waals surface area contributed by atoms with Gasteiger partial charge in [-0.25, -0.2) is 0 Å². The van der Waals surface area contributed by atoms with Crippen LogP contribution in [0.5, 0.6) is 0 Å². The third-order valence-electron chi connectivity index (χ3n) is 2.91. The van der Waals surface area contributed by atoms with E-state index in [4.69, 9.17) is 5.73 Å². The zero-order valence-corrected chi connectivity index (χ0v) is 13.8. The first kappa shape index (κ1) is 17.1. The van der Waals surface area contributed by atoms with Crippen molar-refractivity contribution in [1.82, 2.24) is 0 Å².